The predicted molar refractivity (Wildman–Crippen MR) is 92.4 cm³/mol. The molecule has 0 radical (unpaired) electrons. The van der Waals surface area contributed by atoms with Crippen LogP contribution in [-0.4, -0.2) is 27.8 Å². The third-order valence-corrected chi connectivity index (χ3v) is 4.72. The Balaban J connectivity index is 1.72. The number of hydrogen-bond acceptors (Lipinski definition) is 4. The molecule has 0 saturated heterocycles. The summed E-state index contributed by atoms with van der Waals surface area (Å²) in [5.41, 5.74) is 0.956. The first-order chi connectivity index (χ1) is 12.7. The fourth-order valence-corrected chi connectivity index (χ4v) is 3.34. The summed E-state index contributed by atoms with van der Waals surface area (Å²) < 4.78 is 40.8. The van der Waals surface area contributed by atoms with Crippen LogP contribution in [0.1, 0.15) is 32.1 Å². The fraction of sp³-hybridized carbons (Fsp3) is 0.368. The van der Waals surface area contributed by atoms with Gasteiger partial charge in [-0.05, 0) is 43.9 Å². The smallest absolute Gasteiger partial charge is 0.232 e. The molecule has 26 heavy (non-hydrogen) atoms. The van der Waals surface area contributed by atoms with Crippen molar-refractivity contribution in [1.82, 2.24) is 14.6 Å². The summed E-state index contributed by atoms with van der Waals surface area (Å²) in [5.74, 6) is -1.71. The maximum absolute atomic E-state index is 14.5. The van der Waals surface area contributed by atoms with Gasteiger partial charge in [-0.2, -0.15) is 4.39 Å². The maximum atomic E-state index is 14.5. The number of halogens is 2. The molecule has 1 aromatic carbocycles. The Morgan fingerprint density at radius 2 is 1.85 bits per heavy atom. The number of benzene rings is 1. The van der Waals surface area contributed by atoms with Crippen molar-refractivity contribution >= 4 is 5.65 Å². The van der Waals surface area contributed by atoms with Crippen LogP contribution < -0.4 is 9.47 Å². The molecule has 1 saturated carbocycles. The first kappa shape index (κ1) is 16.8. The van der Waals surface area contributed by atoms with Crippen LogP contribution in [-0.2, 0) is 0 Å². The Morgan fingerprint density at radius 1 is 1.04 bits per heavy atom. The van der Waals surface area contributed by atoms with E-state index in [0.29, 0.717) is 17.2 Å². The Hall–Kier alpha value is -2.70. The Morgan fingerprint density at radius 3 is 2.62 bits per heavy atom. The van der Waals surface area contributed by atoms with Gasteiger partial charge >= 0.3 is 0 Å². The lowest BCUT2D eigenvalue weighted by Crippen LogP contribution is -2.20. The minimum atomic E-state index is -1.03. The molecule has 1 fully saturated rings. The van der Waals surface area contributed by atoms with Gasteiger partial charge in [0.2, 0.25) is 11.7 Å². The standard InChI is InChI=1S/C19H19F2N3O2/c1-25-15-8-7-13(18(20)19(15)21)14-11-22-16-9-10-17(23-24(14)16)26-12-5-3-2-4-6-12/h7-12H,2-6H2,1H3. The van der Waals surface area contributed by atoms with E-state index in [-0.39, 0.29) is 17.4 Å². The van der Waals surface area contributed by atoms with Gasteiger partial charge in [0, 0.05) is 11.6 Å². The van der Waals surface area contributed by atoms with Crippen LogP contribution in [0.3, 0.4) is 0 Å². The molecule has 0 N–H and O–H groups in total. The van der Waals surface area contributed by atoms with Crippen molar-refractivity contribution in [3.05, 3.63) is 42.1 Å². The number of aromatic nitrogens is 3. The molecule has 4 rings (SSSR count). The largest absolute Gasteiger partial charge is 0.494 e. The van der Waals surface area contributed by atoms with Gasteiger partial charge in [0.15, 0.2) is 17.2 Å². The minimum Gasteiger partial charge on any atom is -0.494 e. The Kier molecular flexibility index (Phi) is 4.44. The van der Waals surface area contributed by atoms with Crippen LogP contribution >= 0.6 is 0 Å². The van der Waals surface area contributed by atoms with Crippen LogP contribution in [0.25, 0.3) is 16.9 Å². The van der Waals surface area contributed by atoms with Crippen molar-refractivity contribution in [2.75, 3.05) is 7.11 Å². The lowest BCUT2D eigenvalue weighted by Gasteiger charge is -2.22. The van der Waals surface area contributed by atoms with E-state index in [1.54, 1.807) is 12.1 Å². The topological polar surface area (TPSA) is 48.7 Å². The molecule has 1 aliphatic rings. The highest BCUT2D eigenvalue weighted by molar-refractivity contribution is 5.65. The second-order valence-electron chi connectivity index (χ2n) is 6.41. The minimum absolute atomic E-state index is 0.0677. The van der Waals surface area contributed by atoms with Crippen molar-refractivity contribution in [3.8, 4) is 22.9 Å². The van der Waals surface area contributed by atoms with E-state index in [9.17, 15) is 8.78 Å². The molecule has 5 nitrogen and oxygen atoms in total. The molecule has 0 unspecified atom stereocenters. The molecule has 136 valence electrons. The number of ether oxygens (including phenoxy) is 2. The summed E-state index contributed by atoms with van der Waals surface area (Å²) in [4.78, 5) is 4.22. The van der Waals surface area contributed by atoms with Gasteiger partial charge in [-0.3, -0.25) is 0 Å². The Bertz CT molecular complexity index is 936. The van der Waals surface area contributed by atoms with E-state index >= 15 is 0 Å². The third kappa shape index (κ3) is 2.98. The fourth-order valence-electron chi connectivity index (χ4n) is 3.34. The monoisotopic (exact) mass is 359 g/mol. The second kappa shape index (κ2) is 6.90. The van der Waals surface area contributed by atoms with Crippen LogP contribution in [0, 0.1) is 11.6 Å². The van der Waals surface area contributed by atoms with E-state index in [0.717, 1.165) is 25.7 Å². The number of nitrogens with zero attached hydrogens (tertiary/aromatic N) is 3. The number of imidazole rings is 1. The summed E-state index contributed by atoms with van der Waals surface area (Å²) in [6.07, 6.45) is 7.18. The summed E-state index contributed by atoms with van der Waals surface area (Å²) in [6.45, 7) is 0. The molecular weight excluding hydrogens is 340 g/mol. The third-order valence-electron chi connectivity index (χ3n) is 4.72. The van der Waals surface area contributed by atoms with Gasteiger partial charge in [-0.25, -0.2) is 13.9 Å². The number of rotatable bonds is 4. The maximum Gasteiger partial charge on any atom is 0.232 e. The zero-order valence-corrected chi connectivity index (χ0v) is 14.4. The number of hydrogen-bond donors (Lipinski definition) is 0. The average molecular weight is 359 g/mol. The van der Waals surface area contributed by atoms with Crippen molar-refractivity contribution in [2.45, 2.75) is 38.2 Å². The van der Waals surface area contributed by atoms with Gasteiger partial charge in [0.25, 0.3) is 0 Å². The van der Waals surface area contributed by atoms with E-state index in [4.69, 9.17) is 9.47 Å². The van der Waals surface area contributed by atoms with Crippen LogP contribution in [0.5, 0.6) is 11.6 Å². The average Bonchev–Trinajstić information content (AvgIpc) is 3.08. The van der Waals surface area contributed by atoms with Gasteiger partial charge in [-0.1, -0.05) is 6.42 Å². The molecule has 0 aliphatic heterocycles. The Labute approximate surface area is 149 Å². The van der Waals surface area contributed by atoms with Gasteiger partial charge in [0.1, 0.15) is 6.10 Å². The molecule has 0 amide bonds. The molecule has 0 bridgehead atoms. The molecule has 0 atom stereocenters. The highest BCUT2D eigenvalue weighted by atomic mass is 19.2. The van der Waals surface area contributed by atoms with E-state index < -0.39 is 11.6 Å². The van der Waals surface area contributed by atoms with Crippen molar-refractivity contribution in [3.63, 3.8) is 0 Å². The molecule has 2 aromatic heterocycles. The first-order valence-corrected chi connectivity index (χ1v) is 8.71. The molecule has 1 aliphatic carbocycles. The lowest BCUT2D eigenvalue weighted by atomic mass is 9.98. The van der Waals surface area contributed by atoms with Crippen molar-refractivity contribution in [2.24, 2.45) is 0 Å². The zero-order chi connectivity index (χ0) is 18.1. The first-order valence-electron chi connectivity index (χ1n) is 8.71. The zero-order valence-electron chi connectivity index (χ0n) is 14.4. The number of fused-ring (bicyclic) bond motifs is 1. The highest BCUT2D eigenvalue weighted by Crippen LogP contribution is 2.30. The van der Waals surface area contributed by atoms with Crippen molar-refractivity contribution in [1.29, 1.82) is 0 Å². The quantitative estimate of drug-likeness (QED) is 0.693. The van der Waals surface area contributed by atoms with Crippen molar-refractivity contribution < 1.29 is 18.3 Å². The van der Waals surface area contributed by atoms with E-state index in [1.165, 1.54) is 36.4 Å². The van der Waals surface area contributed by atoms with E-state index in [2.05, 4.69) is 10.1 Å². The van der Waals surface area contributed by atoms with Gasteiger partial charge in [-0.15, -0.1) is 5.10 Å². The molecule has 2 heterocycles. The van der Waals surface area contributed by atoms with Crippen LogP contribution in [0.4, 0.5) is 8.78 Å². The lowest BCUT2D eigenvalue weighted by molar-refractivity contribution is 0.147. The van der Waals surface area contributed by atoms with Crippen LogP contribution in [0.15, 0.2) is 30.5 Å². The van der Waals surface area contributed by atoms with Gasteiger partial charge < -0.3 is 9.47 Å². The summed E-state index contributed by atoms with van der Waals surface area (Å²) >= 11 is 0. The van der Waals surface area contributed by atoms with Crippen LogP contribution in [0.2, 0.25) is 0 Å². The predicted octanol–water partition coefficient (Wildman–Crippen LogP) is 4.39. The van der Waals surface area contributed by atoms with E-state index in [1.807, 2.05) is 0 Å². The summed E-state index contributed by atoms with van der Waals surface area (Å²) in [6, 6.07) is 6.35. The molecule has 3 aromatic rings. The SMILES string of the molecule is COc1ccc(-c2cnc3ccc(OC4CCCCC4)nn23)c(F)c1F. The number of methoxy groups -OCH3 is 1. The summed E-state index contributed by atoms with van der Waals surface area (Å²) in [5, 5.41) is 4.43. The highest BCUT2D eigenvalue weighted by Gasteiger charge is 2.20. The second-order valence-corrected chi connectivity index (χ2v) is 6.41. The molecule has 0 spiro atoms. The molecule has 7 heteroatoms. The van der Waals surface area contributed by atoms with Gasteiger partial charge in [0.05, 0.1) is 19.0 Å². The molecular formula is C19H19F2N3O2. The summed E-state index contributed by atoms with van der Waals surface area (Å²) in [7, 11) is 1.29. The normalized spacial score (nSPS) is 15.3.